The van der Waals surface area contributed by atoms with E-state index in [1.54, 1.807) is 0 Å². The van der Waals surface area contributed by atoms with Gasteiger partial charge in [0.2, 0.25) is 5.95 Å². The van der Waals surface area contributed by atoms with E-state index in [1.807, 2.05) is 103 Å². The lowest BCUT2D eigenvalue weighted by Gasteiger charge is -2.27. The highest BCUT2D eigenvalue weighted by Gasteiger charge is 2.39. The first kappa shape index (κ1) is 39.2. The van der Waals surface area contributed by atoms with Crippen LogP contribution in [0.2, 0.25) is 0 Å². The number of nitrogens with zero attached hydrogens (tertiary/aromatic N) is 7. The first-order chi connectivity index (χ1) is 33.7. The number of hydrogen-bond acceptors (Lipinski definition) is 8. The predicted molar refractivity (Wildman–Crippen MR) is 272 cm³/mol. The van der Waals surface area contributed by atoms with Crippen LogP contribution in [0.4, 0.5) is 11.6 Å². The van der Waals surface area contributed by atoms with Crippen molar-refractivity contribution in [1.82, 2.24) is 29.9 Å². The van der Waals surface area contributed by atoms with E-state index in [1.165, 1.54) is 5.56 Å². The second-order valence-electron chi connectivity index (χ2n) is 17.1. The summed E-state index contributed by atoms with van der Waals surface area (Å²) in [6.07, 6.45) is 8.77. The second kappa shape index (κ2) is 16.4. The zero-order valence-corrected chi connectivity index (χ0v) is 36.6. The van der Waals surface area contributed by atoms with Crippen LogP contribution in [0.5, 0.6) is 0 Å². The number of allylic oxidation sites excluding steroid dienone is 2. The average molecular weight is 874 g/mol. The van der Waals surface area contributed by atoms with E-state index in [0.717, 1.165) is 83.8 Å². The third-order valence-corrected chi connectivity index (χ3v) is 12.9. The summed E-state index contributed by atoms with van der Waals surface area (Å²) in [4.78, 5) is 34.1. The van der Waals surface area contributed by atoms with Crippen LogP contribution in [-0.4, -0.2) is 35.9 Å². The van der Waals surface area contributed by atoms with Crippen LogP contribution in [0.25, 0.3) is 101 Å². The molecule has 0 bridgehead atoms. The van der Waals surface area contributed by atoms with E-state index in [2.05, 4.69) is 126 Å². The van der Waals surface area contributed by atoms with Crippen LogP contribution in [0.3, 0.4) is 0 Å². The lowest BCUT2D eigenvalue weighted by atomic mass is 9.89. The molecule has 13 rings (SSSR count). The highest BCUT2D eigenvalue weighted by Crippen LogP contribution is 2.49. The van der Waals surface area contributed by atoms with Gasteiger partial charge in [0.05, 0.1) is 28.8 Å². The van der Waals surface area contributed by atoms with Crippen molar-refractivity contribution in [2.24, 2.45) is 0 Å². The number of furan rings is 1. The quantitative estimate of drug-likeness (QED) is 0.149. The average Bonchev–Trinajstić information content (AvgIpc) is 3.96. The molecular formula is C60H39N7O. The number of hydrogen-bond donors (Lipinski definition) is 0. The Hall–Kier alpha value is -9.14. The van der Waals surface area contributed by atoms with Gasteiger partial charge in [-0.1, -0.05) is 176 Å². The molecule has 0 saturated carbocycles. The van der Waals surface area contributed by atoms with Gasteiger partial charge in [0.25, 0.3) is 0 Å². The SMILES string of the molecule is C1=CC2c3cc(-c4ccc5oc6ccccc6c5c4)ccc3N(c3nc(-c4nc(-c5ccccc5)cc(-c5ccccc5)n4)cc(-c4nc(-c5ccccc5)cc(-c5ccccc5)n4)n3)C2C=C1. The summed E-state index contributed by atoms with van der Waals surface area (Å²) in [5.41, 5.74) is 14.3. The zero-order chi connectivity index (χ0) is 45.0. The van der Waals surface area contributed by atoms with E-state index in [0.29, 0.717) is 29.0 Å². The molecule has 0 amide bonds. The van der Waals surface area contributed by atoms with E-state index in [-0.39, 0.29) is 12.0 Å². The Balaban J connectivity index is 1.02. The van der Waals surface area contributed by atoms with Crippen molar-refractivity contribution < 1.29 is 4.42 Å². The zero-order valence-electron chi connectivity index (χ0n) is 36.6. The normalized spacial score (nSPS) is 14.9. The third-order valence-electron chi connectivity index (χ3n) is 12.9. The van der Waals surface area contributed by atoms with Gasteiger partial charge in [-0.2, -0.15) is 0 Å². The largest absolute Gasteiger partial charge is 0.456 e. The molecule has 8 heteroatoms. The summed E-state index contributed by atoms with van der Waals surface area (Å²) in [6.45, 7) is 0. The molecule has 0 saturated heterocycles. The fourth-order valence-corrected chi connectivity index (χ4v) is 9.58. The van der Waals surface area contributed by atoms with Crippen LogP contribution in [0, 0.1) is 0 Å². The Labute approximate surface area is 392 Å². The van der Waals surface area contributed by atoms with Crippen LogP contribution < -0.4 is 4.90 Å². The Kier molecular flexibility index (Phi) is 9.45. The third kappa shape index (κ3) is 7.03. The maximum atomic E-state index is 6.19. The van der Waals surface area contributed by atoms with Gasteiger partial charge in [-0.15, -0.1) is 0 Å². The highest BCUT2D eigenvalue weighted by atomic mass is 16.3. The minimum absolute atomic E-state index is 0.0360. The Morgan fingerprint density at radius 1 is 0.353 bits per heavy atom. The van der Waals surface area contributed by atoms with Gasteiger partial charge in [0, 0.05) is 44.6 Å². The number of rotatable bonds is 8. The van der Waals surface area contributed by atoms with Gasteiger partial charge in [-0.25, -0.2) is 29.9 Å². The number of benzene rings is 7. The van der Waals surface area contributed by atoms with Gasteiger partial charge in [0.15, 0.2) is 11.6 Å². The van der Waals surface area contributed by atoms with Crippen LogP contribution in [-0.2, 0) is 0 Å². The monoisotopic (exact) mass is 873 g/mol. The summed E-state index contributed by atoms with van der Waals surface area (Å²) in [6, 6.07) is 68.1. The molecule has 4 aromatic heterocycles. The summed E-state index contributed by atoms with van der Waals surface area (Å²) in [7, 11) is 0. The van der Waals surface area contributed by atoms with Gasteiger partial charge >= 0.3 is 0 Å². The summed E-state index contributed by atoms with van der Waals surface area (Å²) >= 11 is 0. The van der Waals surface area contributed by atoms with Crippen molar-refractivity contribution >= 4 is 33.6 Å². The van der Waals surface area contributed by atoms with Crippen molar-refractivity contribution in [2.75, 3.05) is 4.90 Å². The topological polar surface area (TPSA) is 93.7 Å². The van der Waals surface area contributed by atoms with Crippen molar-refractivity contribution in [1.29, 1.82) is 0 Å². The van der Waals surface area contributed by atoms with Crippen molar-refractivity contribution in [3.05, 3.63) is 230 Å². The first-order valence-electron chi connectivity index (χ1n) is 22.8. The van der Waals surface area contributed by atoms with E-state index >= 15 is 0 Å². The maximum absolute atomic E-state index is 6.19. The molecule has 0 radical (unpaired) electrons. The minimum Gasteiger partial charge on any atom is -0.456 e. The Morgan fingerprint density at radius 3 is 1.37 bits per heavy atom. The molecule has 1 aliphatic heterocycles. The Bertz CT molecular complexity index is 3500. The highest BCUT2D eigenvalue weighted by molar-refractivity contribution is 6.06. The molecule has 320 valence electrons. The molecule has 2 atom stereocenters. The lowest BCUT2D eigenvalue weighted by molar-refractivity contribution is 0.669. The lowest BCUT2D eigenvalue weighted by Crippen LogP contribution is -2.30. The number of anilines is 2. The fraction of sp³-hybridized carbons (Fsp3) is 0.0333. The number of para-hydroxylation sites is 1. The van der Waals surface area contributed by atoms with E-state index < -0.39 is 0 Å². The summed E-state index contributed by atoms with van der Waals surface area (Å²) in [5, 5.41) is 2.20. The van der Waals surface area contributed by atoms with E-state index in [4.69, 9.17) is 34.3 Å². The standard InChI is InChI=1S/C60H39N7O/c1-5-17-38(18-6-1)48-35-49(39-19-7-2-8-20-39)62-58(61-48)52-37-53(59-63-50(40-21-9-3-10-22-40)36-51(64-59)41-23-11-4-12-24-41)66-60(65-52)67-54-27-15-13-25-44(54)46-33-42(29-31-55(46)67)43-30-32-57-47(34-43)45-26-14-16-28-56(45)68-57/h1-37,44,54H. The molecule has 5 heterocycles. The predicted octanol–water partition coefficient (Wildman–Crippen LogP) is 14.4. The minimum atomic E-state index is -0.110. The van der Waals surface area contributed by atoms with Crippen molar-refractivity contribution in [2.45, 2.75) is 12.0 Å². The van der Waals surface area contributed by atoms with Crippen LogP contribution in [0.15, 0.2) is 229 Å². The Morgan fingerprint density at radius 2 is 0.809 bits per heavy atom. The molecule has 68 heavy (non-hydrogen) atoms. The van der Waals surface area contributed by atoms with Crippen LogP contribution >= 0.6 is 0 Å². The molecule has 2 unspecified atom stereocenters. The molecule has 8 nitrogen and oxygen atoms in total. The van der Waals surface area contributed by atoms with Gasteiger partial charge in [-0.3, -0.25) is 0 Å². The second-order valence-corrected chi connectivity index (χ2v) is 17.1. The van der Waals surface area contributed by atoms with Crippen molar-refractivity contribution in [3.63, 3.8) is 0 Å². The maximum Gasteiger partial charge on any atom is 0.231 e. The van der Waals surface area contributed by atoms with Gasteiger partial charge in [0.1, 0.15) is 22.6 Å². The molecule has 1 aliphatic carbocycles. The first-order valence-corrected chi connectivity index (χ1v) is 22.8. The smallest absolute Gasteiger partial charge is 0.231 e. The summed E-state index contributed by atoms with van der Waals surface area (Å²) < 4.78 is 6.19. The number of fused-ring (bicyclic) bond motifs is 6. The number of aromatic nitrogens is 6. The fourth-order valence-electron chi connectivity index (χ4n) is 9.58. The van der Waals surface area contributed by atoms with Crippen molar-refractivity contribution in [3.8, 4) is 79.2 Å². The molecule has 0 N–H and O–H groups in total. The van der Waals surface area contributed by atoms with E-state index in [9.17, 15) is 0 Å². The van der Waals surface area contributed by atoms with Gasteiger partial charge < -0.3 is 9.32 Å². The molecule has 0 spiro atoms. The van der Waals surface area contributed by atoms with Gasteiger partial charge in [-0.05, 0) is 65.2 Å². The summed E-state index contributed by atoms with van der Waals surface area (Å²) in [5.74, 6) is 1.46. The molecule has 7 aromatic carbocycles. The molecular weight excluding hydrogens is 835 g/mol. The molecule has 2 aliphatic rings. The molecule has 11 aromatic rings. The molecule has 0 fully saturated rings. The van der Waals surface area contributed by atoms with Crippen LogP contribution in [0.1, 0.15) is 11.5 Å².